The molecule has 0 aliphatic rings. The molecule has 5 heteroatoms. The van der Waals surface area contributed by atoms with Crippen LogP contribution in [0.3, 0.4) is 0 Å². The molecule has 0 unspecified atom stereocenters. The van der Waals surface area contributed by atoms with Crippen molar-refractivity contribution in [2.24, 2.45) is 0 Å². The zero-order chi connectivity index (χ0) is 36.6. The van der Waals surface area contributed by atoms with Crippen molar-refractivity contribution in [2.75, 3.05) is 0 Å². The van der Waals surface area contributed by atoms with Crippen molar-refractivity contribution in [1.29, 1.82) is 10.5 Å². The number of hydrogen-bond donors (Lipinski definition) is 0. The molecule has 0 atom stereocenters. The van der Waals surface area contributed by atoms with Gasteiger partial charge in [-0.1, -0.05) is 103 Å². The van der Waals surface area contributed by atoms with E-state index in [1.165, 1.54) is 32.6 Å². The van der Waals surface area contributed by atoms with Gasteiger partial charge in [0.2, 0.25) is 0 Å². The Morgan fingerprint density at radius 2 is 0.855 bits per heavy atom. The second-order valence-electron chi connectivity index (χ2n) is 14.0. The minimum atomic E-state index is 0.578. The van der Waals surface area contributed by atoms with Crippen LogP contribution in [0.15, 0.2) is 176 Å². The normalized spacial score (nSPS) is 11.6. The summed E-state index contributed by atoms with van der Waals surface area (Å²) in [5.74, 6) is 0. The standard InChI is InChI=1S/C50H29N5/c51-30-32-20-26-41-39-12-3-8-18-47(39)55(50(41)28-32)48-19-9-14-36(43(48)31-52)33-21-23-34(24-22-33)53-46-17-7-4-13-40(46)42-29-35(25-27-49(42)53)54-44-15-5-1-10-37(44)38-11-2-6-16-45(38)54/h1-29H. The first-order chi connectivity index (χ1) is 27.2. The zero-order valence-electron chi connectivity index (χ0n) is 29.5. The molecular weight excluding hydrogens is 671 g/mol. The second kappa shape index (κ2) is 11.8. The number of fused-ring (bicyclic) bond motifs is 9. The Kier molecular flexibility index (Phi) is 6.61. The lowest BCUT2D eigenvalue weighted by molar-refractivity contribution is 1.16. The number of rotatable bonds is 4. The third kappa shape index (κ3) is 4.45. The van der Waals surface area contributed by atoms with Crippen LogP contribution in [0, 0.1) is 22.7 Å². The molecule has 0 radical (unpaired) electrons. The molecule has 0 saturated carbocycles. The van der Waals surface area contributed by atoms with Crippen LogP contribution in [0.1, 0.15) is 11.1 Å². The van der Waals surface area contributed by atoms with E-state index in [1.807, 2.05) is 48.5 Å². The zero-order valence-corrected chi connectivity index (χ0v) is 29.5. The molecule has 0 N–H and O–H groups in total. The lowest BCUT2D eigenvalue weighted by Crippen LogP contribution is -2.00. The summed E-state index contributed by atoms with van der Waals surface area (Å²) in [5.41, 5.74) is 12.4. The van der Waals surface area contributed by atoms with Crippen LogP contribution >= 0.6 is 0 Å². The van der Waals surface area contributed by atoms with Crippen LogP contribution in [-0.2, 0) is 0 Å². The summed E-state index contributed by atoms with van der Waals surface area (Å²) >= 11 is 0. The first-order valence-corrected chi connectivity index (χ1v) is 18.3. The highest BCUT2D eigenvalue weighted by Gasteiger charge is 2.19. The van der Waals surface area contributed by atoms with Crippen LogP contribution in [0.4, 0.5) is 0 Å². The smallest absolute Gasteiger partial charge is 0.102 e. The first-order valence-electron chi connectivity index (χ1n) is 18.3. The molecular formula is C50H29N5. The molecule has 0 bridgehead atoms. The highest BCUT2D eigenvalue weighted by atomic mass is 15.0. The van der Waals surface area contributed by atoms with Gasteiger partial charge in [0.1, 0.15) is 6.07 Å². The van der Waals surface area contributed by atoms with Gasteiger partial charge in [-0.25, -0.2) is 0 Å². The molecule has 55 heavy (non-hydrogen) atoms. The third-order valence-electron chi connectivity index (χ3n) is 11.1. The fourth-order valence-corrected chi connectivity index (χ4v) is 8.75. The Morgan fingerprint density at radius 1 is 0.345 bits per heavy atom. The van der Waals surface area contributed by atoms with E-state index in [0.29, 0.717) is 11.1 Å². The predicted molar refractivity (Wildman–Crippen MR) is 224 cm³/mol. The summed E-state index contributed by atoms with van der Waals surface area (Å²) < 4.78 is 6.82. The molecule has 0 spiro atoms. The maximum absolute atomic E-state index is 10.7. The summed E-state index contributed by atoms with van der Waals surface area (Å²) in [5, 5.41) is 27.5. The van der Waals surface area contributed by atoms with Crippen molar-refractivity contribution in [3.05, 3.63) is 187 Å². The van der Waals surface area contributed by atoms with Gasteiger partial charge in [0.05, 0.1) is 56.0 Å². The Balaban J connectivity index is 1.05. The number of para-hydroxylation sites is 4. The molecule has 5 nitrogen and oxygen atoms in total. The lowest BCUT2D eigenvalue weighted by atomic mass is 9.98. The summed E-state index contributed by atoms with van der Waals surface area (Å²) in [7, 11) is 0. The Labute approximate surface area is 316 Å². The van der Waals surface area contributed by atoms with Gasteiger partial charge in [-0.15, -0.1) is 0 Å². The highest BCUT2D eigenvalue weighted by molar-refractivity contribution is 6.13. The Morgan fingerprint density at radius 3 is 1.45 bits per heavy atom. The van der Waals surface area contributed by atoms with Crippen molar-refractivity contribution in [2.45, 2.75) is 0 Å². The van der Waals surface area contributed by atoms with Gasteiger partial charge in [-0.2, -0.15) is 10.5 Å². The van der Waals surface area contributed by atoms with Crippen molar-refractivity contribution >= 4 is 65.4 Å². The first kappa shape index (κ1) is 30.7. The van der Waals surface area contributed by atoms with Gasteiger partial charge >= 0.3 is 0 Å². The third-order valence-corrected chi connectivity index (χ3v) is 11.1. The average molecular weight is 700 g/mol. The Hall–Kier alpha value is -7.86. The Bertz CT molecular complexity index is 3400. The number of aromatic nitrogens is 3. The molecule has 0 aliphatic carbocycles. The van der Waals surface area contributed by atoms with E-state index < -0.39 is 0 Å². The number of benzene rings is 8. The topological polar surface area (TPSA) is 62.4 Å². The van der Waals surface area contributed by atoms with Crippen LogP contribution in [0.2, 0.25) is 0 Å². The highest BCUT2D eigenvalue weighted by Crippen LogP contribution is 2.39. The van der Waals surface area contributed by atoms with E-state index in [2.05, 4.69) is 153 Å². The monoisotopic (exact) mass is 699 g/mol. The maximum atomic E-state index is 10.7. The molecule has 11 rings (SSSR count). The molecule has 3 aromatic heterocycles. The number of nitrogens with zero attached hydrogens (tertiary/aromatic N) is 5. The largest absolute Gasteiger partial charge is 0.309 e. The molecule has 3 heterocycles. The molecule has 0 aliphatic heterocycles. The fraction of sp³-hybridized carbons (Fsp3) is 0. The van der Waals surface area contributed by atoms with E-state index in [-0.39, 0.29) is 0 Å². The minimum Gasteiger partial charge on any atom is -0.309 e. The average Bonchev–Trinajstić information content (AvgIpc) is 3.88. The quantitative estimate of drug-likeness (QED) is 0.184. The van der Waals surface area contributed by atoms with E-state index in [4.69, 9.17) is 0 Å². The van der Waals surface area contributed by atoms with Crippen molar-refractivity contribution < 1.29 is 0 Å². The van der Waals surface area contributed by atoms with Gasteiger partial charge in [-0.3, -0.25) is 0 Å². The number of nitriles is 2. The minimum absolute atomic E-state index is 0.578. The van der Waals surface area contributed by atoms with Gasteiger partial charge < -0.3 is 13.7 Å². The molecule has 0 amide bonds. The number of hydrogen-bond acceptors (Lipinski definition) is 2. The van der Waals surface area contributed by atoms with Gasteiger partial charge in [0.15, 0.2) is 0 Å². The molecule has 254 valence electrons. The molecule has 11 aromatic rings. The lowest BCUT2D eigenvalue weighted by Gasteiger charge is -2.14. The van der Waals surface area contributed by atoms with Crippen molar-refractivity contribution in [1.82, 2.24) is 13.7 Å². The van der Waals surface area contributed by atoms with E-state index in [9.17, 15) is 10.5 Å². The van der Waals surface area contributed by atoms with Crippen LogP contribution < -0.4 is 0 Å². The van der Waals surface area contributed by atoms with Crippen LogP contribution in [0.5, 0.6) is 0 Å². The second-order valence-corrected chi connectivity index (χ2v) is 14.0. The summed E-state index contributed by atoms with van der Waals surface area (Å²) in [6.07, 6.45) is 0. The summed E-state index contributed by atoms with van der Waals surface area (Å²) in [6.45, 7) is 0. The van der Waals surface area contributed by atoms with E-state index in [0.717, 1.165) is 61.0 Å². The van der Waals surface area contributed by atoms with Crippen molar-refractivity contribution in [3.63, 3.8) is 0 Å². The SMILES string of the molecule is N#Cc1ccc2c3ccccc3n(-c3cccc(-c4ccc(-n5c6ccccc6c6cc(-n7c8ccccc8c8ccccc87)ccc65)cc4)c3C#N)c2c1. The van der Waals surface area contributed by atoms with E-state index >= 15 is 0 Å². The molecule has 0 fully saturated rings. The van der Waals surface area contributed by atoms with Crippen LogP contribution in [0.25, 0.3) is 93.6 Å². The van der Waals surface area contributed by atoms with Crippen molar-refractivity contribution in [3.8, 4) is 40.3 Å². The van der Waals surface area contributed by atoms with Gasteiger partial charge in [0, 0.05) is 49.3 Å². The predicted octanol–water partition coefficient (Wildman–Crippen LogP) is 12.4. The van der Waals surface area contributed by atoms with Gasteiger partial charge in [-0.05, 0) is 78.4 Å². The molecule has 8 aromatic carbocycles. The summed E-state index contributed by atoms with van der Waals surface area (Å²) in [6, 6.07) is 66.0. The fourth-order valence-electron chi connectivity index (χ4n) is 8.75. The summed E-state index contributed by atoms with van der Waals surface area (Å²) in [4.78, 5) is 0. The molecule has 0 saturated heterocycles. The van der Waals surface area contributed by atoms with Gasteiger partial charge in [0.25, 0.3) is 0 Å². The van der Waals surface area contributed by atoms with E-state index in [1.54, 1.807) is 0 Å². The van der Waals surface area contributed by atoms with Crippen LogP contribution in [-0.4, -0.2) is 13.7 Å². The maximum Gasteiger partial charge on any atom is 0.102 e.